The highest BCUT2D eigenvalue weighted by atomic mass is 16.2. The average Bonchev–Trinajstić information content (AvgIpc) is 2.46. The second kappa shape index (κ2) is 10.1. The quantitative estimate of drug-likeness (QED) is 0.331. The van der Waals surface area contributed by atoms with Gasteiger partial charge in [0, 0.05) is 24.7 Å². The minimum atomic E-state index is -0.477. The van der Waals surface area contributed by atoms with E-state index in [1.54, 1.807) is 27.7 Å². The van der Waals surface area contributed by atoms with Crippen LogP contribution in [0.5, 0.6) is 0 Å². The summed E-state index contributed by atoms with van der Waals surface area (Å²) in [6.45, 7) is 6.63. The van der Waals surface area contributed by atoms with Crippen molar-refractivity contribution in [1.29, 1.82) is 0 Å². The van der Waals surface area contributed by atoms with Crippen molar-refractivity contribution < 1.29 is 30.6 Å². The maximum absolute atomic E-state index is 11.8. The van der Waals surface area contributed by atoms with Gasteiger partial charge in [-0.25, -0.2) is 0 Å². The zero-order valence-corrected chi connectivity index (χ0v) is 14.5. The number of hydrogen-bond acceptors (Lipinski definition) is 4. The molecule has 0 bridgehead atoms. The van der Waals surface area contributed by atoms with E-state index in [4.69, 9.17) is 0 Å². The molecule has 0 saturated carbocycles. The maximum atomic E-state index is 11.8. The Labute approximate surface area is 136 Å². The van der Waals surface area contributed by atoms with Crippen LogP contribution in [0.15, 0.2) is 0 Å². The second-order valence-corrected chi connectivity index (χ2v) is 6.20. The summed E-state index contributed by atoms with van der Waals surface area (Å²) in [5.41, 5.74) is 7.24. The molecule has 2 amide bonds. The third-order valence-electron chi connectivity index (χ3n) is 3.53. The first-order valence-corrected chi connectivity index (χ1v) is 7.83. The van der Waals surface area contributed by atoms with Gasteiger partial charge < -0.3 is 22.1 Å². The molecule has 0 rings (SSSR count). The molecule has 4 atom stereocenters. The third-order valence-corrected chi connectivity index (χ3v) is 3.53. The molecule has 0 fully saturated rings. The molecule has 0 spiro atoms. The van der Waals surface area contributed by atoms with Crippen molar-refractivity contribution in [2.45, 2.75) is 52.6 Å². The maximum Gasteiger partial charge on any atom is 0.224 e. The molecule has 0 saturated heterocycles. The van der Waals surface area contributed by atoms with E-state index in [9.17, 15) is 19.2 Å². The normalized spacial score (nSPS) is 15.9. The number of carbonyl (C=O) groups is 4. The molecule has 0 aliphatic carbocycles. The highest BCUT2D eigenvalue weighted by Crippen LogP contribution is 2.05. The standard InChI is InChI=1S/C15H28N4O4/c1-8(5-12(20)10(3)16)14(22)18-7-19-15(23)9(2)6-13(21)11(4)17/h8-11H,5-7,16-17H2,1-4H3,(H,18,22)(H,19,23)/p+2. The molecule has 132 valence electrons. The molecule has 0 aromatic rings. The van der Waals surface area contributed by atoms with E-state index in [0.717, 1.165) is 0 Å². The summed E-state index contributed by atoms with van der Waals surface area (Å²) in [5, 5.41) is 5.10. The Kier molecular flexibility index (Phi) is 9.28. The van der Waals surface area contributed by atoms with Crippen LogP contribution >= 0.6 is 0 Å². The second-order valence-electron chi connectivity index (χ2n) is 6.20. The first-order chi connectivity index (χ1) is 10.6. The first kappa shape index (κ1) is 21.2. The van der Waals surface area contributed by atoms with E-state index in [2.05, 4.69) is 22.1 Å². The number of amides is 2. The molecule has 8 nitrogen and oxygen atoms in total. The number of ketones is 2. The zero-order chi connectivity index (χ0) is 18.2. The lowest BCUT2D eigenvalue weighted by Crippen LogP contribution is -2.63. The van der Waals surface area contributed by atoms with Crippen LogP contribution in [0.4, 0.5) is 0 Å². The van der Waals surface area contributed by atoms with Crippen molar-refractivity contribution in [1.82, 2.24) is 10.6 Å². The van der Waals surface area contributed by atoms with E-state index in [1.165, 1.54) is 0 Å². The van der Waals surface area contributed by atoms with E-state index < -0.39 is 11.8 Å². The van der Waals surface area contributed by atoms with Crippen LogP contribution in [0.2, 0.25) is 0 Å². The predicted molar refractivity (Wildman–Crippen MR) is 83.4 cm³/mol. The lowest BCUT2D eigenvalue weighted by molar-refractivity contribution is -0.398. The largest absolute Gasteiger partial charge is 0.349 e. The first-order valence-electron chi connectivity index (χ1n) is 7.83. The van der Waals surface area contributed by atoms with E-state index in [1.807, 2.05) is 0 Å². The number of carbonyl (C=O) groups excluding carboxylic acids is 4. The molecule has 8 N–H and O–H groups in total. The van der Waals surface area contributed by atoms with Gasteiger partial charge in [-0.05, 0) is 13.8 Å². The van der Waals surface area contributed by atoms with E-state index >= 15 is 0 Å². The molecule has 0 aromatic carbocycles. The van der Waals surface area contributed by atoms with Gasteiger partial charge in [-0.1, -0.05) is 13.8 Å². The molecule has 0 heterocycles. The number of hydrogen-bond donors (Lipinski definition) is 4. The summed E-state index contributed by atoms with van der Waals surface area (Å²) in [4.78, 5) is 46.7. The topological polar surface area (TPSA) is 148 Å². The third kappa shape index (κ3) is 8.41. The fourth-order valence-corrected chi connectivity index (χ4v) is 1.76. The molecule has 23 heavy (non-hydrogen) atoms. The lowest BCUT2D eigenvalue weighted by atomic mass is 10.0. The van der Waals surface area contributed by atoms with Crippen LogP contribution in [0.25, 0.3) is 0 Å². The Morgan fingerprint density at radius 1 is 0.739 bits per heavy atom. The van der Waals surface area contributed by atoms with Crippen LogP contribution in [-0.2, 0) is 19.2 Å². The monoisotopic (exact) mass is 330 g/mol. The molecule has 0 aliphatic heterocycles. The summed E-state index contributed by atoms with van der Waals surface area (Å²) in [7, 11) is 0. The summed E-state index contributed by atoms with van der Waals surface area (Å²) in [5.74, 6) is -1.73. The Bertz CT molecular complexity index is 409. The Balaban J connectivity index is 4.14. The summed E-state index contributed by atoms with van der Waals surface area (Å²) >= 11 is 0. The summed E-state index contributed by atoms with van der Waals surface area (Å²) in [6, 6.07) is -0.697. The molecule has 0 aliphatic rings. The Morgan fingerprint density at radius 3 is 1.30 bits per heavy atom. The van der Waals surface area contributed by atoms with Crippen molar-refractivity contribution in [3.8, 4) is 0 Å². The van der Waals surface area contributed by atoms with Gasteiger partial charge in [-0.2, -0.15) is 0 Å². The number of nitrogens with one attached hydrogen (secondary N) is 2. The highest BCUT2D eigenvalue weighted by molar-refractivity contribution is 5.89. The van der Waals surface area contributed by atoms with Crippen molar-refractivity contribution in [2.24, 2.45) is 11.8 Å². The molecule has 0 aromatic heterocycles. The van der Waals surface area contributed by atoms with Crippen LogP contribution in [0, 0.1) is 11.8 Å². The van der Waals surface area contributed by atoms with Crippen molar-refractivity contribution in [3.63, 3.8) is 0 Å². The van der Waals surface area contributed by atoms with Gasteiger partial charge in [-0.3, -0.25) is 19.2 Å². The van der Waals surface area contributed by atoms with Crippen molar-refractivity contribution in [3.05, 3.63) is 0 Å². The number of rotatable bonds is 10. The average molecular weight is 330 g/mol. The van der Waals surface area contributed by atoms with Gasteiger partial charge in [0.15, 0.2) is 11.6 Å². The Hall–Kier alpha value is -1.80. The smallest absolute Gasteiger partial charge is 0.224 e. The SMILES string of the molecule is CC([NH3+])C(=O)CC(C)C(=O)NCNC(=O)C(C)CC(=O)C(C)[NH3+]. The van der Waals surface area contributed by atoms with Gasteiger partial charge >= 0.3 is 0 Å². The summed E-state index contributed by atoms with van der Waals surface area (Å²) < 4.78 is 0. The van der Waals surface area contributed by atoms with Gasteiger partial charge in [0.25, 0.3) is 0 Å². The van der Waals surface area contributed by atoms with Gasteiger partial charge in [0.1, 0.15) is 12.1 Å². The zero-order valence-electron chi connectivity index (χ0n) is 14.5. The summed E-state index contributed by atoms with van der Waals surface area (Å²) in [6.07, 6.45) is 0.244. The van der Waals surface area contributed by atoms with E-state index in [0.29, 0.717) is 0 Å². The molecule has 8 heteroatoms. The lowest BCUT2D eigenvalue weighted by Gasteiger charge is -2.15. The highest BCUT2D eigenvalue weighted by Gasteiger charge is 2.22. The molecule has 0 radical (unpaired) electrons. The fraction of sp³-hybridized carbons (Fsp3) is 0.733. The molecular weight excluding hydrogens is 300 g/mol. The van der Waals surface area contributed by atoms with E-state index in [-0.39, 0.29) is 55.0 Å². The Morgan fingerprint density at radius 2 is 1.04 bits per heavy atom. The van der Waals surface area contributed by atoms with Crippen molar-refractivity contribution >= 4 is 23.4 Å². The van der Waals surface area contributed by atoms with Crippen LogP contribution in [-0.4, -0.2) is 42.1 Å². The fourth-order valence-electron chi connectivity index (χ4n) is 1.76. The van der Waals surface area contributed by atoms with Crippen molar-refractivity contribution in [2.75, 3.05) is 6.67 Å². The van der Waals surface area contributed by atoms with Gasteiger partial charge in [0.2, 0.25) is 11.8 Å². The van der Waals surface area contributed by atoms with Crippen LogP contribution in [0.1, 0.15) is 40.5 Å². The van der Waals surface area contributed by atoms with Crippen LogP contribution in [0.3, 0.4) is 0 Å². The molecule has 4 unspecified atom stereocenters. The number of Topliss-reactive ketones (excluding diaryl/α,β-unsaturated/α-hetero) is 2. The molecular formula is C15H30N4O4+2. The number of quaternary nitrogens is 2. The minimum absolute atomic E-state index is 0.0332. The van der Waals surface area contributed by atoms with Gasteiger partial charge in [0.05, 0.1) is 6.67 Å². The van der Waals surface area contributed by atoms with Gasteiger partial charge in [-0.15, -0.1) is 0 Å². The van der Waals surface area contributed by atoms with Crippen LogP contribution < -0.4 is 22.1 Å². The minimum Gasteiger partial charge on any atom is -0.349 e. The predicted octanol–water partition coefficient (Wildman–Crippen LogP) is -2.37.